The highest BCUT2D eigenvalue weighted by atomic mass is 32.2. The van der Waals surface area contributed by atoms with Gasteiger partial charge in [0, 0.05) is 11.1 Å². The minimum atomic E-state index is -4.84. The summed E-state index contributed by atoms with van der Waals surface area (Å²) in [6.07, 6.45) is 0. The minimum absolute atomic E-state index is 0.141. The van der Waals surface area contributed by atoms with Crippen molar-refractivity contribution in [3.63, 3.8) is 0 Å². The lowest BCUT2D eigenvalue weighted by molar-refractivity contribution is 0.480. The first-order chi connectivity index (χ1) is 16.9. The number of anilines is 1. The molecule has 0 aliphatic heterocycles. The SMILES string of the molecule is Cc1cc(N)ccc1N=Nc1ccc(N=Nc2ccc3ccc(S(=O)(=O)O)cc3c2S(=O)(=O)O)cc1. The van der Waals surface area contributed by atoms with Gasteiger partial charge in [0.25, 0.3) is 20.2 Å². The number of hydrogen-bond acceptors (Lipinski definition) is 9. The van der Waals surface area contributed by atoms with Gasteiger partial charge in [-0.1, -0.05) is 12.1 Å². The van der Waals surface area contributed by atoms with Crippen molar-refractivity contribution in [2.24, 2.45) is 20.5 Å². The van der Waals surface area contributed by atoms with E-state index in [9.17, 15) is 25.9 Å². The highest BCUT2D eigenvalue weighted by molar-refractivity contribution is 7.86. The molecule has 4 rings (SSSR count). The lowest BCUT2D eigenvalue weighted by Gasteiger charge is -2.08. The molecular formula is C23H19N5O6S2. The summed E-state index contributed by atoms with van der Waals surface area (Å²) >= 11 is 0. The van der Waals surface area contributed by atoms with E-state index in [0.29, 0.717) is 28.1 Å². The van der Waals surface area contributed by atoms with Gasteiger partial charge in [-0.2, -0.15) is 32.2 Å². The molecule has 0 aliphatic carbocycles. The quantitative estimate of drug-likeness (QED) is 0.155. The minimum Gasteiger partial charge on any atom is -0.399 e. The van der Waals surface area contributed by atoms with Crippen LogP contribution in [0.3, 0.4) is 0 Å². The van der Waals surface area contributed by atoms with Crippen LogP contribution < -0.4 is 5.73 Å². The average molecular weight is 526 g/mol. The standard InChI is InChI=1S/C23H19N5O6S2/c1-14-12-16(24)4-11-21(14)27-25-17-5-7-18(8-6-17)26-28-22-10-3-15-2-9-19(35(29,30)31)13-20(15)23(22)36(32,33)34/h2-13H,24H2,1H3,(H,29,30,31)(H,32,33,34). The normalized spacial score (nSPS) is 12.6. The number of nitrogens with zero attached hydrogens (tertiary/aromatic N) is 4. The van der Waals surface area contributed by atoms with Crippen molar-refractivity contribution < 1.29 is 25.9 Å². The molecule has 0 spiro atoms. The second kappa shape index (κ2) is 9.54. The molecule has 0 amide bonds. The van der Waals surface area contributed by atoms with E-state index in [0.717, 1.165) is 17.7 Å². The molecule has 13 heteroatoms. The largest absolute Gasteiger partial charge is 0.399 e. The fourth-order valence-electron chi connectivity index (χ4n) is 3.37. The summed E-state index contributed by atoms with van der Waals surface area (Å²) in [5, 5.41) is 16.5. The molecule has 11 nitrogen and oxygen atoms in total. The van der Waals surface area contributed by atoms with Gasteiger partial charge in [-0.15, -0.1) is 5.11 Å². The van der Waals surface area contributed by atoms with Gasteiger partial charge in [0.2, 0.25) is 0 Å². The van der Waals surface area contributed by atoms with Crippen LogP contribution in [0, 0.1) is 6.92 Å². The van der Waals surface area contributed by atoms with Crippen molar-refractivity contribution in [1.29, 1.82) is 0 Å². The van der Waals surface area contributed by atoms with Crippen LogP contribution in [-0.2, 0) is 20.2 Å². The van der Waals surface area contributed by atoms with Crippen molar-refractivity contribution in [2.75, 3.05) is 5.73 Å². The second-order valence-corrected chi connectivity index (χ2v) is 10.5. The fraction of sp³-hybridized carbons (Fsp3) is 0.0435. The Morgan fingerprint density at radius 3 is 1.78 bits per heavy atom. The molecule has 4 aromatic carbocycles. The van der Waals surface area contributed by atoms with Crippen LogP contribution in [0.15, 0.2) is 103 Å². The van der Waals surface area contributed by atoms with Gasteiger partial charge in [0.05, 0.1) is 22.0 Å². The third kappa shape index (κ3) is 5.60. The molecule has 36 heavy (non-hydrogen) atoms. The highest BCUT2D eigenvalue weighted by Crippen LogP contribution is 2.35. The summed E-state index contributed by atoms with van der Waals surface area (Å²) < 4.78 is 66.4. The Morgan fingerprint density at radius 2 is 1.22 bits per heavy atom. The Bertz CT molecular complexity index is 1750. The monoisotopic (exact) mass is 525 g/mol. The van der Waals surface area contributed by atoms with Gasteiger partial charge in [-0.25, -0.2) is 0 Å². The lowest BCUT2D eigenvalue weighted by Crippen LogP contribution is -2.02. The zero-order chi connectivity index (χ0) is 26.1. The number of nitrogens with two attached hydrogens (primary N) is 1. The highest BCUT2D eigenvalue weighted by Gasteiger charge is 2.22. The number of rotatable bonds is 6. The topological polar surface area (TPSA) is 184 Å². The molecule has 0 heterocycles. The summed E-state index contributed by atoms with van der Waals surface area (Å²) in [5.41, 5.74) is 8.57. The molecule has 0 atom stereocenters. The number of azo groups is 2. The first kappa shape index (κ1) is 25.1. The Kier molecular flexibility index (Phi) is 6.65. The third-order valence-corrected chi connectivity index (χ3v) is 6.89. The number of benzene rings is 4. The lowest BCUT2D eigenvalue weighted by atomic mass is 10.1. The van der Waals surface area contributed by atoms with E-state index in [1.54, 1.807) is 42.5 Å². The van der Waals surface area contributed by atoms with Crippen molar-refractivity contribution in [1.82, 2.24) is 0 Å². The Balaban J connectivity index is 1.66. The zero-order valence-electron chi connectivity index (χ0n) is 18.6. The van der Waals surface area contributed by atoms with E-state index in [1.165, 1.54) is 18.2 Å². The zero-order valence-corrected chi connectivity index (χ0v) is 20.3. The predicted molar refractivity (Wildman–Crippen MR) is 134 cm³/mol. The first-order valence-electron chi connectivity index (χ1n) is 10.2. The molecular weight excluding hydrogens is 506 g/mol. The predicted octanol–water partition coefficient (Wildman–Crippen LogP) is 6.05. The van der Waals surface area contributed by atoms with Crippen molar-refractivity contribution in [2.45, 2.75) is 16.7 Å². The van der Waals surface area contributed by atoms with E-state index < -0.39 is 30.0 Å². The molecule has 0 radical (unpaired) electrons. The molecule has 0 aliphatic rings. The molecule has 4 aromatic rings. The van der Waals surface area contributed by atoms with Gasteiger partial charge >= 0.3 is 0 Å². The second-order valence-electron chi connectivity index (χ2n) is 7.71. The maximum absolute atomic E-state index is 12.1. The molecule has 0 aromatic heterocycles. The molecule has 184 valence electrons. The summed E-state index contributed by atoms with van der Waals surface area (Å²) in [6.45, 7) is 1.87. The number of fused-ring (bicyclic) bond motifs is 1. The smallest absolute Gasteiger partial charge is 0.297 e. The van der Waals surface area contributed by atoms with Crippen molar-refractivity contribution >= 4 is 59.4 Å². The molecule has 0 bridgehead atoms. The van der Waals surface area contributed by atoms with Gasteiger partial charge in [0.1, 0.15) is 10.6 Å². The summed E-state index contributed by atoms with van der Waals surface area (Å²) in [7, 11) is -9.45. The van der Waals surface area contributed by atoms with Crippen LogP contribution in [0.2, 0.25) is 0 Å². The molecule has 0 saturated carbocycles. The first-order valence-corrected chi connectivity index (χ1v) is 13.1. The summed E-state index contributed by atoms with van der Waals surface area (Å²) in [5.74, 6) is 0. The van der Waals surface area contributed by atoms with E-state index >= 15 is 0 Å². The third-order valence-electron chi connectivity index (χ3n) is 5.10. The summed E-state index contributed by atoms with van der Waals surface area (Å²) in [4.78, 5) is -1.17. The van der Waals surface area contributed by atoms with Crippen LogP contribution in [0.25, 0.3) is 10.8 Å². The van der Waals surface area contributed by atoms with Gasteiger partial charge < -0.3 is 5.73 Å². The number of aryl methyl sites for hydroxylation is 1. The Labute approximate surface area is 206 Å². The van der Waals surface area contributed by atoms with E-state index in [1.807, 2.05) is 6.92 Å². The maximum atomic E-state index is 12.1. The number of nitrogen functional groups attached to an aromatic ring is 1. The molecule has 0 fully saturated rings. The van der Waals surface area contributed by atoms with E-state index in [-0.39, 0.29) is 11.1 Å². The van der Waals surface area contributed by atoms with E-state index in [2.05, 4.69) is 20.5 Å². The van der Waals surface area contributed by atoms with E-state index in [4.69, 9.17) is 5.73 Å². The van der Waals surface area contributed by atoms with Gasteiger partial charge in [-0.05, 0) is 78.5 Å². The van der Waals surface area contributed by atoms with Crippen molar-refractivity contribution in [3.05, 3.63) is 78.4 Å². The molecule has 0 unspecified atom stereocenters. The van der Waals surface area contributed by atoms with Crippen molar-refractivity contribution in [3.8, 4) is 0 Å². The molecule has 0 saturated heterocycles. The van der Waals surface area contributed by atoms with Gasteiger partial charge in [0.15, 0.2) is 0 Å². The number of hydrogen-bond donors (Lipinski definition) is 3. The molecule has 4 N–H and O–H groups in total. The average Bonchev–Trinajstić information content (AvgIpc) is 2.80. The fourth-order valence-corrected chi connectivity index (χ4v) is 4.70. The maximum Gasteiger partial charge on any atom is 0.297 e. The van der Waals surface area contributed by atoms with Crippen LogP contribution in [0.1, 0.15) is 5.56 Å². The summed E-state index contributed by atoms with van der Waals surface area (Å²) in [6, 6.07) is 17.8. The Hall–Kier alpha value is -4.04. The van der Waals surface area contributed by atoms with Crippen LogP contribution in [-0.4, -0.2) is 25.9 Å². The van der Waals surface area contributed by atoms with Crippen LogP contribution in [0.4, 0.5) is 28.4 Å². The van der Waals surface area contributed by atoms with Gasteiger partial charge in [-0.3, -0.25) is 9.11 Å². The Morgan fingerprint density at radius 1 is 0.667 bits per heavy atom. The van der Waals surface area contributed by atoms with Crippen LogP contribution in [0.5, 0.6) is 0 Å². The van der Waals surface area contributed by atoms with Crippen LogP contribution >= 0.6 is 0 Å².